The summed E-state index contributed by atoms with van der Waals surface area (Å²) in [6.45, 7) is 9.13. The van der Waals surface area contributed by atoms with Gasteiger partial charge in [-0.25, -0.2) is 10.1 Å². The molecule has 0 fully saturated rings. The van der Waals surface area contributed by atoms with E-state index in [1.807, 2.05) is 36.4 Å². The molecule has 0 saturated carbocycles. The molecule has 1 unspecified atom stereocenters. The standard InChI is InChI=1S/C15H24NO3P.C12H22NO3P/c1-4-13-7-5-8-14(11-13)12-16(18)15(17)9-6-10-20(2,3)19;1-17(2,16)10-6-9-12(14)13(15)11-7-4-3-5-8-11/h5,7-8,11,18H,4,6,9-10,12H2,1-3H3;4,7,11,15H,3,5-6,8-10H2,1-2H3. The highest BCUT2D eigenvalue weighted by Gasteiger charge is 2.21. The molecule has 8 nitrogen and oxygen atoms in total. The number of allylic oxidation sites excluding steroid dienone is 1. The first-order valence-electron chi connectivity index (χ1n) is 13.0. The summed E-state index contributed by atoms with van der Waals surface area (Å²) in [6, 6.07) is 7.65. The number of hydrogen-bond donors (Lipinski definition) is 2. The number of hydroxylamine groups is 4. The van der Waals surface area contributed by atoms with E-state index in [-0.39, 0.29) is 37.2 Å². The van der Waals surface area contributed by atoms with Crippen LogP contribution in [0.5, 0.6) is 0 Å². The van der Waals surface area contributed by atoms with Gasteiger partial charge in [0, 0.05) is 25.2 Å². The number of rotatable bonds is 12. The number of aryl methyl sites for hydroxylation is 1. The Labute approximate surface area is 222 Å². The second-order valence-corrected chi connectivity index (χ2v) is 17.8. The second kappa shape index (κ2) is 16.3. The van der Waals surface area contributed by atoms with Crippen molar-refractivity contribution >= 4 is 26.1 Å². The molecule has 2 rings (SSSR count). The second-order valence-electron chi connectivity index (χ2n) is 10.6. The molecule has 1 aromatic rings. The summed E-state index contributed by atoms with van der Waals surface area (Å²) < 4.78 is 23.0. The molecular weight excluding hydrogens is 510 g/mol. The lowest BCUT2D eigenvalue weighted by Crippen LogP contribution is -2.37. The Balaban J connectivity index is 0.000000375. The molecule has 0 aliphatic heterocycles. The monoisotopic (exact) mass is 556 g/mol. The zero-order chi connectivity index (χ0) is 28.1. The van der Waals surface area contributed by atoms with Gasteiger partial charge >= 0.3 is 0 Å². The molecule has 1 aliphatic carbocycles. The number of nitrogens with zero attached hydrogens (tertiary/aromatic N) is 2. The van der Waals surface area contributed by atoms with Crippen molar-refractivity contribution in [3.05, 3.63) is 47.5 Å². The predicted molar refractivity (Wildman–Crippen MR) is 151 cm³/mol. The lowest BCUT2D eigenvalue weighted by atomic mass is 10.0. The van der Waals surface area contributed by atoms with Crippen LogP contribution < -0.4 is 0 Å². The average Bonchev–Trinajstić information content (AvgIpc) is 2.83. The van der Waals surface area contributed by atoms with Gasteiger partial charge in [0.05, 0.1) is 26.9 Å². The highest BCUT2D eigenvalue weighted by atomic mass is 31.2. The molecule has 2 N–H and O–H groups in total. The number of carbonyl (C=O) groups excluding carboxylic acids is 2. The Morgan fingerprint density at radius 1 is 0.946 bits per heavy atom. The zero-order valence-corrected chi connectivity index (χ0v) is 24.9. The van der Waals surface area contributed by atoms with Crippen LogP contribution in [-0.4, -0.2) is 77.4 Å². The summed E-state index contributed by atoms with van der Waals surface area (Å²) in [6.07, 6.45) is 10.4. The van der Waals surface area contributed by atoms with Gasteiger partial charge in [0.15, 0.2) is 0 Å². The van der Waals surface area contributed by atoms with Crippen molar-refractivity contribution in [3.8, 4) is 0 Å². The minimum atomic E-state index is -2.08. The topological polar surface area (TPSA) is 115 Å². The fourth-order valence-corrected chi connectivity index (χ4v) is 5.70. The molecule has 0 radical (unpaired) electrons. The third kappa shape index (κ3) is 15.3. The minimum absolute atomic E-state index is 0.175. The van der Waals surface area contributed by atoms with Crippen LogP contribution in [0.2, 0.25) is 0 Å². The summed E-state index contributed by atoms with van der Waals surface area (Å²) in [7, 11) is -4.13. The van der Waals surface area contributed by atoms with Gasteiger partial charge in [-0.1, -0.05) is 43.3 Å². The number of amides is 2. The SMILES string of the molecule is CCc1cccc(CN(O)C(=O)CCCP(C)(C)=O)c1.CP(C)(=O)CCCC(=O)N(O)C1C=CCCC1. The van der Waals surface area contributed by atoms with Gasteiger partial charge in [-0.3, -0.25) is 20.0 Å². The molecule has 1 aliphatic rings. The van der Waals surface area contributed by atoms with Crippen molar-refractivity contribution in [1.82, 2.24) is 10.1 Å². The highest BCUT2D eigenvalue weighted by Crippen LogP contribution is 2.37. The van der Waals surface area contributed by atoms with Gasteiger partial charge in [-0.2, -0.15) is 0 Å². The van der Waals surface area contributed by atoms with E-state index in [0.29, 0.717) is 25.2 Å². The van der Waals surface area contributed by atoms with E-state index >= 15 is 0 Å². The zero-order valence-electron chi connectivity index (χ0n) is 23.1. The van der Waals surface area contributed by atoms with Crippen LogP contribution in [-0.2, 0) is 31.7 Å². The third-order valence-corrected chi connectivity index (χ3v) is 8.78. The van der Waals surface area contributed by atoms with Crippen molar-refractivity contribution in [2.45, 2.75) is 70.9 Å². The summed E-state index contributed by atoms with van der Waals surface area (Å²) in [5.41, 5.74) is 2.10. The molecule has 0 bridgehead atoms. The summed E-state index contributed by atoms with van der Waals surface area (Å²) in [5.74, 6) is -0.588. The smallest absolute Gasteiger partial charge is 0.246 e. The van der Waals surface area contributed by atoms with Crippen LogP contribution in [0.3, 0.4) is 0 Å². The molecule has 2 amide bonds. The number of benzene rings is 1. The largest absolute Gasteiger partial charge is 0.324 e. The van der Waals surface area contributed by atoms with Crippen LogP contribution in [0.15, 0.2) is 36.4 Å². The first kappa shape index (κ1) is 33.3. The van der Waals surface area contributed by atoms with E-state index < -0.39 is 14.3 Å². The Morgan fingerprint density at radius 2 is 1.51 bits per heavy atom. The first-order valence-corrected chi connectivity index (χ1v) is 18.6. The molecule has 210 valence electrons. The predicted octanol–water partition coefficient (Wildman–Crippen LogP) is 6.09. The van der Waals surface area contributed by atoms with Crippen molar-refractivity contribution in [2.75, 3.05) is 39.0 Å². The van der Waals surface area contributed by atoms with E-state index in [2.05, 4.69) is 6.92 Å². The summed E-state index contributed by atoms with van der Waals surface area (Å²) in [5, 5.41) is 21.1. The quantitative estimate of drug-likeness (QED) is 0.139. The lowest BCUT2D eigenvalue weighted by Gasteiger charge is -2.25. The van der Waals surface area contributed by atoms with E-state index in [1.54, 1.807) is 26.7 Å². The number of hydrogen-bond acceptors (Lipinski definition) is 6. The Morgan fingerprint density at radius 3 is 2.03 bits per heavy atom. The molecule has 1 aromatic carbocycles. The maximum absolute atomic E-state index is 11.8. The maximum atomic E-state index is 11.8. The van der Waals surface area contributed by atoms with Crippen molar-refractivity contribution < 1.29 is 29.1 Å². The van der Waals surface area contributed by atoms with Crippen LogP contribution in [0.4, 0.5) is 0 Å². The van der Waals surface area contributed by atoms with Crippen molar-refractivity contribution in [3.63, 3.8) is 0 Å². The summed E-state index contributed by atoms with van der Waals surface area (Å²) in [4.78, 5) is 23.5. The molecule has 0 saturated heterocycles. The Hall–Kier alpha value is -1.72. The highest BCUT2D eigenvalue weighted by molar-refractivity contribution is 7.62. The Bertz CT molecular complexity index is 985. The normalized spacial score (nSPS) is 15.5. The van der Waals surface area contributed by atoms with E-state index in [0.717, 1.165) is 41.4 Å². The molecule has 0 spiro atoms. The molecule has 0 heterocycles. The van der Waals surface area contributed by atoms with Crippen molar-refractivity contribution in [1.29, 1.82) is 0 Å². The maximum Gasteiger partial charge on any atom is 0.246 e. The molecule has 1 atom stereocenters. The minimum Gasteiger partial charge on any atom is -0.324 e. The van der Waals surface area contributed by atoms with Gasteiger partial charge in [-0.05, 0) is 76.3 Å². The van der Waals surface area contributed by atoms with Gasteiger partial charge in [0.1, 0.15) is 0 Å². The van der Waals surface area contributed by atoms with Crippen LogP contribution >= 0.6 is 14.3 Å². The fourth-order valence-electron chi connectivity index (χ4n) is 3.86. The van der Waals surface area contributed by atoms with Gasteiger partial charge < -0.3 is 9.13 Å². The third-order valence-electron chi connectivity index (χ3n) is 5.99. The first-order chi connectivity index (χ1) is 17.2. The van der Waals surface area contributed by atoms with Gasteiger partial charge in [-0.15, -0.1) is 0 Å². The summed E-state index contributed by atoms with van der Waals surface area (Å²) >= 11 is 0. The van der Waals surface area contributed by atoms with Crippen LogP contribution in [0.25, 0.3) is 0 Å². The fraction of sp³-hybridized carbons (Fsp3) is 0.630. The molecule has 37 heavy (non-hydrogen) atoms. The number of carbonyl (C=O) groups is 2. The average molecular weight is 557 g/mol. The van der Waals surface area contributed by atoms with Crippen LogP contribution in [0, 0.1) is 0 Å². The van der Waals surface area contributed by atoms with E-state index in [9.17, 15) is 29.1 Å². The van der Waals surface area contributed by atoms with E-state index in [4.69, 9.17) is 0 Å². The lowest BCUT2D eigenvalue weighted by molar-refractivity contribution is -0.172. The molecule has 0 aromatic heterocycles. The van der Waals surface area contributed by atoms with E-state index in [1.165, 1.54) is 5.56 Å². The van der Waals surface area contributed by atoms with Crippen LogP contribution in [0.1, 0.15) is 63.0 Å². The van der Waals surface area contributed by atoms with Gasteiger partial charge in [0.25, 0.3) is 0 Å². The Kier molecular flexibility index (Phi) is 14.7. The molecular formula is C27H46N2O6P2. The van der Waals surface area contributed by atoms with Gasteiger partial charge in [0.2, 0.25) is 11.8 Å². The van der Waals surface area contributed by atoms with Crippen molar-refractivity contribution in [2.24, 2.45) is 0 Å². The molecule has 10 heteroatoms.